The Morgan fingerprint density at radius 1 is 1.19 bits per heavy atom. The summed E-state index contributed by atoms with van der Waals surface area (Å²) in [4.78, 5) is 4.82. The molecule has 0 aliphatic carbocycles. The number of benzene rings is 1. The summed E-state index contributed by atoms with van der Waals surface area (Å²) in [5, 5.41) is 0.902. The molecule has 0 N–H and O–H groups in total. The zero-order chi connectivity index (χ0) is 11.5. The summed E-state index contributed by atoms with van der Waals surface area (Å²) in [6.07, 6.45) is 1.00. The molecule has 2 nitrogen and oxygen atoms in total. The Bertz CT molecular complexity index is 357. The molecule has 1 aliphatic rings. The number of piperazine rings is 1. The van der Waals surface area contributed by atoms with Gasteiger partial charge in [-0.15, -0.1) is 0 Å². The fourth-order valence-electron chi connectivity index (χ4n) is 2.24. The van der Waals surface area contributed by atoms with Crippen molar-refractivity contribution in [3.8, 4) is 0 Å². The first-order valence-electron chi connectivity index (χ1n) is 5.93. The molecule has 88 valence electrons. The molecule has 0 spiro atoms. The summed E-state index contributed by atoms with van der Waals surface area (Å²) in [5.74, 6) is 0. The molecule has 0 saturated carbocycles. The topological polar surface area (TPSA) is 6.48 Å². The minimum Gasteiger partial charge on any atom is -0.369 e. The van der Waals surface area contributed by atoms with Gasteiger partial charge >= 0.3 is 0 Å². The van der Waals surface area contributed by atoms with Crippen LogP contribution in [-0.4, -0.2) is 38.1 Å². The molecule has 0 aromatic heterocycles. The smallest absolute Gasteiger partial charge is 0.0458 e. The first-order chi connectivity index (χ1) is 7.72. The van der Waals surface area contributed by atoms with Gasteiger partial charge in [0, 0.05) is 36.9 Å². The molecular formula is C13H19ClN2. The van der Waals surface area contributed by atoms with Crippen molar-refractivity contribution in [2.45, 2.75) is 13.3 Å². The lowest BCUT2D eigenvalue weighted by Gasteiger charge is -2.35. The minimum atomic E-state index is 0.902. The monoisotopic (exact) mass is 238 g/mol. The molecule has 1 aromatic rings. The Hall–Kier alpha value is -0.730. The van der Waals surface area contributed by atoms with Gasteiger partial charge in [-0.2, -0.15) is 0 Å². The van der Waals surface area contributed by atoms with E-state index in [0.29, 0.717) is 0 Å². The van der Waals surface area contributed by atoms with Gasteiger partial charge in [0.2, 0.25) is 0 Å². The predicted molar refractivity (Wildman–Crippen MR) is 70.5 cm³/mol. The molecule has 0 unspecified atom stereocenters. The minimum absolute atomic E-state index is 0.902. The highest BCUT2D eigenvalue weighted by Crippen LogP contribution is 2.28. The highest BCUT2D eigenvalue weighted by molar-refractivity contribution is 6.31. The fraction of sp³-hybridized carbons (Fsp3) is 0.538. The highest BCUT2D eigenvalue weighted by Gasteiger charge is 2.17. The van der Waals surface area contributed by atoms with Gasteiger partial charge in [0.25, 0.3) is 0 Å². The number of rotatable bonds is 2. The normalized spacial score (nSPS) is 17.8. The third kappa shape index (κ3) is 2.33. The number of likely N-dealkylation sites (N-methyl/N-ethyl adjacent to an activating group) is 1. The standard InChI is InChI=1S/C13H19ClN2/c1-3-11-12(14)5-4-6-13(11)16-9-7-15(2)8-10-16/h4-6H,3,7-10H2,1-2H3. The van der Waals surface area contributed by atoms with Crippen LogP contribution in [0.2, 0.25) is 5.02 Å². The zero-order valence-corrected chi connectivity index (χ0v) is 10.8. The van der Waals surface area contributed by atoms with E-state index in [0.717, 1.165) is 37.6 Å². The lowest BCUT2D eigenvalue weighted by Crippen LogP contribution is -2.44. The maximum Gasteiger partial charge on any atom is 0.0458 e. The molecule has 1 aliphatic heterocycles. The predicted octanol–water partition coefficient (Wildman–Crippen LogP) is 2.65. The molecule has 1 fully saturated rings. The van der Waals surface area contributed by atoms with Crippen molar-refractivity contribution in [1.29, 1.82) is 0 Å². The fourth-order valence-corrected chi connectivity index (χ4v) is 2.54. The number of anilines is 1. The molecule has 16 heavy (non-hydrogen) atoms. The molecular weight excluding hydrogens is 220 g/mol. The second kappa shape index (κ2) is 5.07. The van der Waals surface area contributed by atoms with Crippen molar-refractivity contribution in [2.24, 2.45) is 0 Å². The molecule has 0 atom stereocenters. The van der Waals surface area contributed by atoms with Crippen LogP contribution >= 0.6 is 11.6 Å². The van der Waals surface area contributed by atoms with E-state index in [2.05, 4.69) is 35.9 Å². The van der Waals surface area contributed by atoms with Gasteiger partial charge in [0.05, 0.1) is 0 Å². The molecule has 2 rings (SSSR count). The van der Waals surface area contributed by atoms with Crippen molar-refractivity contribution in [1.82, 2.24) is 4.90 Å². The van der Waals surface area contributed by atoms with Crippen LogP contribution in [-0.2, 0) is 6.42 Å². The van der Waals surface area contributed by atoms with Crippen molar-refractivity contribution in [3.63, 3.8) is 0 Å². The molecule has 0 amide bonds. The Kier molecular flexibility index (Phi) is 3.72. The van der Waals surface area contributed by atoms with Gasteiger partial charge in [-0.25, -0.2) is 0 Å². The first-order valence-corrected chi connectivity index (χ1v) is 6.31. The van der Waals surface area contributed by atoms with Crippen LogP contribution in [0.1, 0.15) is 12.5 Å². The third-order valence-electron chi connectivity index (χ3n) is 3.29. The SMILES string of the molecule is CCc1c(Cl)cccc1N1CCN(C)CC1. The van der Waals surface area contributed by atoms with Crippen molar-refractivity contribution < 1.29 is 0 Å². The summed E-state index contributed by atoms with van der Waals surface area (Å²) in [6, 6.07) is 6.23. The average molecular weight is 239 g/mol. The maximum absolute atomic E-state index is 6.24. The first kappa shape index (κ1) is 11.7. The van der Waals surface area contributed by atoms with E-state index < -0.39 is 0 Å². The van der Waals surface area contributed by atoms with E-state index in [1.807, 2.05) is 6.07 Å². The lowest BCUT2D eigenvalue weighted by atomic mass is 10.1. The summed E-state index contributed by atoms with van der Waals surface area (Å²) >= 11 is 6.24. The second-order valence-corrected chi connectivity index (χ2v) is 4.79. The van der Waals surface area contributed by atoms with Crippen LogP contribution in [0.4, 0.5) is 5.69 Å². The van der Waals surface area contributed by atoms with Gasteiger partial charge in [-0.05, 0) is 31.2 Å². The molecule has 0 radical (unpaired) electrons. The van der Waals surface area contributed by atoms with Gasteiger partial charge in [0.1, 0.15) is 0 Å². The summed E-state index contributed by atoms with van der Waals surface area (Å²) in [5.41, 5.74) is 2.61. The molecule has 3 heteroatoms. The largest absolute Gasteiger partial charge is 0.369 e. The van der Waals surface area contributed by atoms with Crippen LogP contribution in [0.3, 0.4) is 0 Å². The van der Waals surface area contributed by atoms with Gasteiger partial charge in [-0.1, -0.05) is 24.6 Å². The molecule has 1 heterocycles. The van der Waals surface area contributed by atoms with Crippen LogP contribution in [0, 0.1) is 0 Å². The van der Waals surface area contributed by atoms with Gasteiger partial charge in [-0.3, -0.25) is 0 Å². The van der Waals surface area contributed by atoms with E-state index in [9.17, 15) is 0 Å². The van der Waals surface area contributed by atoms with E-state index in [4.69, 9.17) is 11.6 Å². The second-order valence-electron chi connectivity index (χ2n) is 4.38. The summed E-state index contributed by atoms with van der Waals surface area (Å²) < 4.78 is 0. The third-order valence-corrected chi connectivity index (χ3v) is 3.65. The molecule has 0 bridgehead atoms. The van der Waals surface area contributed by atoms with Crippen LogP contribution in [0.5, 0.6) is 0 Å². The molecule has 1 aromatic carbocycles. The Morgan fingerprint density at radius 3 is 2.50 bits per heavy atom. The van der Waals surface area contributed by atoms with Crippen molar-refractivity contribution >= 4 is 17.3 Å². The Balaban J connectivity index is 2.23. The quantitative estimate of drug-likeness (QED) is 0.782. The number of nitrogens with zero attached hydrogens (tertiary/aromatic N) is 2. The number of hydrogen-bond acceptors (Lipinski definition) is 2. The van der Waals surface area contributed by atoms with Gasteiger partial charge < -0.3 is 9.80 Å². The van der Waals surface area contributed by atoms with E-state index in [1.165, 1.54) is 11.3 Å². The Labute approximate surface area is 103 Å². The highest BCUT2D eigenvalue weighted by atomic mass is 35.5. The lowest BCUT2D eigenvalue weighted by molar-refractivity contribution is 0.312. The van der Waals surface area contributed by atoms with Crippen molar-refractivity contribution in [2.75, 3.05) is 38.1 Å². The van der Waals surface area contributed by atoms with Crippen LogP contribution < -0.4 is 4.90 Å². The van der Waals surface area contributed by atoms with Crippen LogP contribution in [0.15, 0.2) is 18.2 Å². The summed E-state index contributed by atoms with van der Waals surface area (Å²) in [6.45, 7) is 6.64. The van der Waals surface area contributed by atoms with E-state index in [1.54, 1.807) is 0 Å². The molecule has 1 saturated heterocycles. The maximum atomic E-state index is 6.24. The number of hydrogen-bond donors (Lipinski definition) is 0. The zero-order valence-electron chi connectivity index (χ0n) is 10.0. The van der Waals surface area contributed by atoms with Gasteiger partial charge in [0.15, 0.2) is 0 Å². The van der Waals surface area contributed by atoms with Crippen LogP contribution in [0.25, 0.3) is 0 Å². The van der Waals surface area contributed by atoms with E-state index >= 15 is 0 Å². The number of halogens is 1. The van der Waals surface area contributed by atoms with Crippen molar-refractivity contribution in [3.05, 3.63) is 28.8 Å². The Morgan fingerprint density at radius 2 is 1.88 bits per heavy atom. The average Bonchev–Trinajstić information content (AvgIpc) is 2.30. The van der Waals surface area contributed by atoms with E-state index in [-0.39, 0.29) is 0 Å². The summed E-state index contributed by atoms with van der Waals surface area (Å²) in [7, 11) is 2.18.